The molecule has 112 valence electrons. The first-order valence-corrected chi connectivity index (χ1v) is 6.51. The molecular formula is C15H12ClF3O2. The molecule has 0 aliphatic carbocycles. The highest BCUT2D eigenvalue weighted by Crippen LogP contribution is 2.27. The summed E-state index contributed by atoms with van der Waals surface area (Å²) >= 11 is 5.81. The van der Waals surface area contributed by atoms with Gasteiger partial charge in [0.2, 0.25) is 0 Å². The first-order valence-electron chi connectivity index (χ1n) is 6.13. The van der Waals surface area contributed by atoms with Crippen LogP contribution in [0.1, 0.15) is 17.2 Å². The fraction of sp³-hybridized carbons (Fsp3) is 0.200. The number of hydrogen-bond acceptors (Lipinski definition) is 2. The van der Waals surface area contributed by atoms with E-state index in [0.29, 0.717) is 11.1 Å². The van der Waals surface area contributed by atoms with Crippen LogP contribution in [0.25, 0.3) is 0 Å². The van der Waals surface area contributed by atoms with Crippen LogP contribution in [0.15, 0.2) is 42.5 Å². The Labute approximate surface area is 124 Å². The third kappa shape index (κ3) is 4.12. The SMILES string of the molecule is OC(Cc1cccc(F)c1Cl)c1cccc(OC(F)F)c1. The van der Waals surface area contributed by atoms with Crippen molar-refractivity contribution < 1.29 is 23.0 Å². The van der Waals surface area contributed by atoms with Gasteiger partial charge < -0.3 is 9.84 Å². The van der Waals surface area contributed by atoms with Gasteiger partial charge in [0.1, 0.15) is 11.6 Å². The van der Waals surface area contributed by atoms with Crippen molar-refractivity contribution in [2.24, 2.45) is 0 Å². The quantitative estimate of drug-likeness (QED) is 0.888. The highest BCUT2D eigenvalue weighted by Gasteiger charge is 2.14. The monoisotopic (exact) mass is 316 g/mol. The second kappa shape index (κ2) is 6.83. The first-order chi connectivity index (χ1) is 9.97. The number of hydrogen-bond donors (Lipinski definition) is 1. The van der Waals surface area contributed by atoms with E-state index in [1.54, 1.807) is 12.1 Å². The van der Waals surface area contributed by atoms with Crippen LogP contribution in [0.2, 0.25) is 5.02 Å². The molecule has 0 heterocycles. The van der Waals surface area contributed by atoms with Crippen LogP contribution >= 0.6 is 11.6 Å². The van der Waals surface area contributed by atoms with Crippen molar-refractivity contribution in [1.82, 2.24) is 0 Å². The Kier molecular flexibility index (Phi) is 5.09. The lowest BCUT2D eigenvalue weighted by Gasteiger charge is -2.14. The number of alkyl halides is 2. The Morgan fingerprint density at radius 2 is 1.86 bits per heavy atom. The summed E-state index contributed by atoms with van der Waals surface area (Å²) in [6.45, 7) is -2.94. The summed E-state index contributed by atoms with van der Waals surface area (Å²) in [6, 6.07) is 10.0. The van der Waals surface area contributed by atoms with Gasteiger partial charge >= 0.3 is 6.61 Å². The smallest absolute Gasteiger partial charge is 0.387 e. The second-order valence-corrected chi connectivity index (χ2v) is 4.76. The van der Waals surface area contributed by atoms with Crippen molar-refractivity contribution in [2.75, 3.05) is 0 Å². The lowest BCUT2D eigenvalue weighted by atomic mass is 10.0. The Morgan fingerprint density at radius 3 is 2.57 bits per heavy atom. The topological polar surface area (TPSA) is 29.5 Å². The van der Waals surface area contributed by atoms with Crippen molar-refractivity contribution in [3.05, 3.63) is 64.4 Å². The lowest BCUT2D eigenvalue weighted by Crippen LogP contribution is -2.05. The zero-order chi connectivity index (χ0) is 15.4. The van der Waals surface area contributed by atoms with Gasteiger partial charge in [-0.15, -0.1) is 0 Å². The minimum Gasteiger partial charge on any atom is -0.435 e. The van der Waals surface area contributed by atoms with Gasteiger partial charge in [0.05, 0.1) is 11.1 Å². The van der Waals surface area contributed by atoms with Gasteiger partial charge in [0.25, 0.3) is 0 Å². The molecule has 0 spiro atoms. The molecule has 1 N–H and O–H groups in total. The Balaban J connectivity index is 2.16. The van der Waals surface area contributed by atoms with Crippen LogP contribution in [0.5, 0.6) is 5.75 Å². The third-order valence-corrected chi connectivity index (χ3v) is 3.34. The largest absolute Gasteiger partial charge is 0.435 e. The molecule has 0 radical (unpaired) electrons. The molecule has 1 unspecified atom stereocenters. The Morgan fingerprint density at radius 1 is 1.14 bits per heavy atom. The van der Waals surface area contributed by atoms with E-state index in [2.05, 4.69) is 4.74 Å². The normalized spacial score (nSPS) is 12.5. The molecule has 0 amide bonds. The summed E-state index contributed by atoms with van der Waals surface area (Å²) in [5.74, 6) is -0.622. The maximum Gasteiger partial charge on any atom is 0.387 e. The van der Waals surface area contributed by atoms with E-state index in [-0.39, 0.29) is 17.2 Å². The van der Waals surface area contributed by atoms with Crippen LogP contribution in [-0.4, -0.2) is 11.7 Å². The van der Waals surface area contributed by atoms with E-state index in [9.17, 15) is 18.3 Å². The average Bonchev–Trinajstić information content (AvgIpc) is 2.43. The highest BCUT2D eigenvalue weighted by atomic mass is 35.5. The minimum atomic E-state index is -2.94. The molecule has 0 aliphatic rings. The fourth-order valence-corrected chi connectivity index (χ4v) is 2.13. The predicted molar refractivity (Wildman–Crippen MR) is 73.1 cm³/mol. The molecule has 0 aromatic heterocycles. The molecule has 2 aromatic carbocycles. The fourth-order valence-electron chi connectivity index (χ4n) is 1.93. The molecule has 2 rings (SSSR count). The van der Waals surface area contributed by atoms with Gasteiger partial charge in [-0.05, 0) is 29.3 Å². The van der Waals surface area contributed by atoms with Gasteiger partial charge in [0, 0.05) is 6.42 Å². The minimum absolute atomic E-state index is 0.0492. The van der Waals surface area contributed by atoms with Crippen LogP contribution in [0.4, 0.5) is 13.2 Å². The molecule has 6 heteroatoms. The first kappa shape index (κ1) is 15.7. The maximum atomic E-state index is 13.3. The summed E-state index contributed by atoms with van der Waals surface area (Å²) in [5, 5.41) is 10.1. The van der Waals surface area contributed by atoms with E-state index in [0.717, 1.165) is 0 Å². The van der Waals surface area contributed by atoms with E-state index in [1.165, 1.54) is 30.3 Å². The molecule has 0 fully saturated rings. The average molecular weight is 317 g/mol. The summed E-state index contributed by atoms with van der Waals surface area (Å²) in [6.07, 6.45) is -0.945. The molecule has 2 nitrogen and oxygen atoms in total. The molecule has 0 saturated carbocycles. The van der Waals surface area contributed by atoms with Crippen LogP contribution < -0.4 is 4.74 Å². The molecule has 1 atom stereocenters. The number of aliphatic hydroxyl groups is 1. The lowest BCUT2D eigenvalue weighted by molar-refractivity contribution is -0.0499. The van der Waals surface area contributed by atoms with E-state index < -0.39 is 18.5 Å². The number of benzene rings is 2. The summed E-state index contributed by atoms with van der Waals surface area (Å²) < 4.78 is 41.9. The number of ether oxygens (including phenoxy) is 1. The number of halogens is 4. The second-order valence-electron chi connectivity index (χ2n) is 4.38. The zero-order valence-electron chi connectivity index (χ0n) is 10.8. The van der Waals surface area contributed by atoms with Gasteiger partial charge in [-0.2, -0.15) is 8.78 Å². The molecule has 21 heavy (non-hydrogen) atoms. The van der Waals surface area contributed by atoms with Crippen LogP contribution in [0, 0.1) is 5.82 Å². The molecule has 0 bridgehead atoms. The third-order valence-electron chi connectivity index (χ3n) is 2.91. The number of rotatable bonds is 5. The van der Waals surface area contributed by atoms with Crippen LogP contribution in [0.3, 0.4) is 0 Å². The van der Waals surface area contributed by atoms with Gasteiger partial charge in [-0.25, -0.2) is 4.39 Å². The van der Waals surface area contributed by atoms with E-state index in [1.807, 2.05) is 0 Å². The van der Waals surface area contributed by atoms with E-state index >= 15 is 0 Å². The van der Waals surface area contributed by atoms with Crippen molar-refractivity contribution in [3.63, 3.8) is 0 Å². The standard InChI is InChI=1S/C15H12ClF3O2/c16-14-10(4-2-6-12(14)17)8-13(20)9-3-1-5-11(7-9)21-15(18)19/h1-7,13,15,20H,8H2. The van der Waals surface area contributed by atoms with Gasteiger partial charge in [-0.3, -0.25) is 0 Å². The molecular weight excluding hydrogens is 305 g/mol. The zero-order valence-corrected chi connectivity index (χ0v) is 11.5. The summed E-state index contributed by atoms with van der Waals surface area (Å²) in [4.78, 5) is 0. The van der Waals surface area contributed by atoms with Crippen molar-refractivity contribution in [3.8, 4) is 5.75 Å². The highest BCUT2D eigenvalue weighted by molar-refractivity contribution is 6.31. The number of aliphatic hydroxyl groups excluding tert-OH is 1. The predicted octanol–water partition coefficient (Wildman–Crippen LogP) is 4.36. The van der Waals surface area contributed by atoms with Crippen LogP contribution in [-0.2, 0) is 6.42 Å². The van der Waals surface area contributed by atoms with Gasteiger partial charge in [-0.1, -0.05) is 35.9 Å². The molecule has 0 saturated heterocycles. The Bertz CT molecular complexity index is 620. The summed E-state index contributed by atoms with van der Waals surface area (Å²) in [7, 11) is 0. The summed E-state index contributed by atoms with van der Waals surface area (Å²) in [5.41, 5.74) is 0.817. The Hall–Kier alpha value is -1.72. The van der Waals surface area contributed by atoms with Gasteiger partial charge in [0.15, 0.2) is 0 Å². The maximum absolute atomic E-state index is 13.3. The van der Waals surface area contributed by atoms with Crippen molar-refractivity contribution >= 4 is 11.6 Å². The van der Waals surface area contributed by atoms with E-state index in [4.69, 9.17) is 11.6 Å². The molecule has 0 aliphatic heterocycles. The van der Waals surface area contributed by atoms with Crippen molar-refractivity contribution in [1.29, 1.82) is 0 Å². The van der Waals surface area contributed by atoms with Crippen molar-refractivity contribution in [2.45, 2.75) is 19.1 Å². The molecule has 2 aromatic rings.